The van der Waals surface area contributed by atoms with E-state index in [-0.39, 0.29) is 0 Å². The van der Waals surface area contributed by atoms with Gasteiger partial charge in [0.05, 0.1) is 0 Å². The lowest BCUT2D eigenvalue weighted by Crippen LogP contribution is -2.19. The summed E-state index contributed by atoms with van der Waals surface area (Å²) in [5, 5.41) is 2.53. The Morgan fingerprint density at radius 2 is 1.07 bits per heavy atom. The van der Waals surface area contributed by atoms with E-state index in [9.17, 15) is 0 Å². The van der Waals surface area contributed by atoms with Crippen LogP contribution in [0.25, 0.3) is 55.8 Å². The van der Waals surface area contributed by atoms with Crippen molar-refractivity contribution in [2.24, 2.45) is 0 Å². The maximum atomic E-state index is 2.55. The van der Waals surface area contributed by atoms with E-state index in [1.165, 1.54) is 94.6 Å². The average molecular weight is 734 g/mol. The van der Waals surface area contributed by atoms with Crippen molar-refractivity contribution in [2.45, 2.75) is 51.4 Å². The van der Waals surface area contributed by atoms with Gasteiger partial charge < -0.3 is 4.90 Å². The largest absolute Gasteiger partial charge is 0.314 e. The lowest BCUT2D eigenvalue weighted by atomic mass is 9.84. The van der Waals surface area contributed by atoms with Crippen molar-refractivity contribution < 1.29 is 0 Å². The molecule has 1 heteroatoms. The van der Waals surface area contributed by atoms with Crippen LogP contribution in [0.3, 0.4) is 0 Å². The highest BCUT2D eigenvalue weighted by atomic mass is 15.1. The summed E-state index contributed by atoms with van der Waals surface area (Å²) in [6, 6.07) is 47.7. The molecule has 0 aromatic heterocycles. The molecule has 0 aliphatic heterocycles. The number of hydrogen-bond acceptors (Lipinski definition) is 1. The van der Waals surface area contributed by atoms with E-state index in [1.54, 1.807) is 0 Å². The van der Waals surface area contributed by atoms with Crippen LogP contribution in [0.5, 0.6) is 0 Å². The molecule has 4 aliphatic rings. The summed E-state index contributed by atoms with van der Waals surface area (Å²) in [7, 11) is 0. The van der Waals surface area contributed by atoms with Crippen molar-refractivity contribution in [2.75, 3.05) is 4.90 Å². The first-order valence-corrected chi connectivity index (χ1v) is 20.8. The Hall–Kier alpha value is -6.44. The Balaban J connectivity index is 1.18. The first-order chi connectivity index (χ1) is 28.3. The summed E-state index contributed by atoms with van der Waals surface area (Å²) in [5.74, 6) is 0. The highest BCUT2D eigenvalue weighted by Gasteiger charge is 2.24. The van der Waals surface area contributed by atoms with E-state index in [0.29, 0.717) is 0 Å². The maximum Gasteiger partial charge on any atom is 0.0465 e. The molecule has 276 valence electrons. The molecule has 57 heavy (non-hydrogen) atoms. The second kappa shape index (κ2) is 15.6. The lowest BCUT2D eigenvalue weighted by molar-refractivity contribution is 0.851. The van der Waals surface area contributed by atoms with Gasteiger partial charge in [-0.25, -0.2) is 0 Å². The summed E-state index contributed by atoms with van der Waals surface area (Å²) in [6.07, 6.45) is 31.7. The molecule has 6 aromatic carbocycles. The predicted molar refractivity (Wildman–Crippen MR) is 244 cm³/mol. The molecule has 4 aliphatic carbocycles. The molecular weight excluding hydrogens is 687 g/mol. The van der Waals surface area contributed by atoms with E-state index in [1.807, 2.05) is 0 Å². The van der Waals surface area contributed by atoms with Crippen molar-refractivity contribution in [1.82, 2.24) is 0 Å². The molecule has 0 atom stereocenters. The number of benzene rings is 6. The minimum absolute atomic E-state index is 0.970. The molecule has 0 radical (unpaired) electrons. The zero-order valence-corrected chi connectivity index (χ0v) is 32.5. The van der Waals surface area contributed by atoms with Crippen LogP contribution >= 0.6 is 0 Å². The monoisotopic (exact) mass is 733 g/mol. The molecule has 0 saturated carbocycles. The number of rotatable bonds is 8. The van der Waals surface area contributed by atoms with Crippen LogP contribution in [0.15, 0.2) is 199 Å². The van der Waals surface area contributed by atoms with Crippen LogP contribution in [-0.4, -0.2) is 0 Å². The Morgan fingerprint density at radius 3 is 1.84 bits per heavy atom. The molecule has 0 spiro atoms. The standard InChI is InChI=1S/C56H47N/c1-4-16-40(17-5-1)41-30-32-46(33-31-41)57(47-34-36-53(55(38-47)44-18-6-2-7-19-44)51-28-14-24-42-22-10-12-26-49(42)51)48-35-37-54(56(39-48)45-20-8-3-9-21-45)52-29-15-25-43-23-11-13-27-50(43)52/h1-4,6-8,10,12-16,18-20,22,24-30,32,34-39H,5,9,11,17,21,23,31,33H2. The molecule has 0 bridgehead atoms. The van der Waals surface area contributed by atoms with Gasteiger partial charge in [0.15, 0.2) is 0 Å². The second-order valence-corrected chi connectivity index (χ2v) is 15.7. The molecule has 10 rings (SSSR count). The normalized spacial score (nSPS) is 16.1. The third kappa shape index (κ3) is 6.89. The third-order valence-electron chi connectivity index (χ3n) is 12.2. The van der Waals surface area contributed by atoms with Crippen molar-refractivity contribution in [1.29, 1.82) is 0 Å². The van der Waals surface area contributed by atoms with Crippen LogP contribution in [0.4, 0.5) is 11.4 Å². The van der Waals surface area contributed by atoms with Gasteiger partial charge in [-0.1, -0.05) is 158 Å². The summed E-state index contributed by atoms with van der Waals surface area (Å²) in [5.41, 5.74) is 19.8. The van der Waals surface area contributed by atoms with Gasteiger partial charge >= 0.3 is 0 Å². The number of hydrogen-bond donors (Lipinski definition) is 0. The fourth-order valence-corrected chi connectivity index (χ4v) is 9.36. The van der Waals surface area contributed by atoms with Gasteiger partial charge in [-0.15, -0.1) is 0 Å². The molecule has 0 heterocycles. The number of fused-ring (bicyclic) bond motifs is 2. The number of anilines is 2. The molecule has 0 N–H and O–H groups in total. The number of nitrogens with zero attached hydrogens (tertiary/aromatic N) is 1. The van der Waals surface area contributed by atoms with Gasteiger partial charge in [0, 0.05) is 17.1 Å². The fraction of sp³-hybridized carbons (Fsp3) is 0.143. The van der Waals surface area contributed by atoms with E-state index in [4.69, 9.17) is 0 Å². The van der Waals surface area contributed by atoms with E-state index in [0.717, 1.165) is 51.4 Å². The van der Waals surface area contributed by atoms with E-state index >= 15 is 0 Å². The summed E-state index contributed by atoms with van der Waals surface area (Å²) in [6.45, 7) is 0. The Labute approximate surface area is 337 Å². The van der Waals surface area contributed by atoms with Crippen molar-refractivity contribution in [3.05, 3.63) is 216 Å². The first kappa shape index (κ1) is 35.0. The van der Waals surface area contributed by atoms with Gasteiger partial charge in [-0.3, -0.25) is 0 Å². The second-order valence-electron chi connectivity index (χ2n) is 15.7. The number of allylic oxidation sites excluding steroid dienone is 13. The van der Waals surface area contributed by atoms with Crippen molar-refractivity contribution >= 4 is 33.8 Å². The van der Waals surface area contributed by atoms with Crippen LogP contribution in [0.1, 0.15) is 61.6 Å². The zero-order valence-electron chi connectivity index (χ0n) is 32.5. The third-order valence-corrected chi connectivity index (χ3v) is 12.2. The van der Waals surface area contributed by atoms with Gasteiger partial charge in [0.25, 0.3) is 0 Å². The van der Waals surface area contributed by atoms with Gasteiger partial charge in [-0.2, -0.15) is 0 Å². The van der Waals surface area contributed by atoms with E-state index < -0.39 is 0 Å². The molecular formula is C56H47N. The lowest BCUT2D eigenvalue weighted by Gasteiger charge is -2.32. The minimum atomic E-state index is 0.970. The SMILES string of the molecule is C1=CCCC(C2=CC=C(N(c3ccc(-c4cccc5c4C=CCC5)c(C4=CC=CCC4)c3)c3ccc(-c4cccc5ccccc45)c(-c4ccccc4)c3)CC2)=C1. The average Bonchev–Trinajstić information content (AvgIpc) is 3.30. The summed E-state index contributed by atoms with van der Waals surface area (Å²) < 4.78 is 0. The van der Waals surface area contributed by atoms with Crippen LogP contribution < -0.4 is 4.90 Å². The van der Waals surface area contributed by atoms with Crippen LogP contribution in [0, 0.1) is 0 Å². The molecule has 0 saturated heterocycles. The zero-order chi connectivity index (χ0) is 38.0. The molecule has 1 nitrogen and oxygen atoms in total. The van der Waals surface area contributed by atoms with Gasteiger partial charge in [0.2, 0.25) is 0 Å². The molecule has 6 aromatic rings. The Bertz CT molecular complexity index is 2720. The topological polar surface area (TPSA) is 3.24 Å². The van der Waals surface area contributed by atoms with E-state index in [2.05, 4.69) is 193 Å². The number of aryl methyl sites for hydroxylation is 1. The Kier molecular flexibility index (Phi) is 9.58. The van der Waals surface area contributed by atoms with Gasteiger partial charge in [-0.05, 0) is 159 Å². The van der Waals surface area contributed by atoms with Crippen LogP contribution in [0.2, 0.25) is 0 Å². The summed E-state index contributed by atoms with van der Waals surface area (Å²) >= 11 is 0. The van der Waals surface area contributed by atoms with Crippen LogP contribution in [-0.2, 0) is 6.42 Å². The maximum absolute atomic E-state index is 2.55. The minimum Gasteiger partial charge on any atom is -0.314 e. The predicted octanol–water partition coefficient (Wildman–Crippen LogP) is 15.6. The van der Waals surface area contributed by atoms with Gasteiger partial charge in [0.1, 0.15) is 0 Å². The quantitative estimate of drug-likeness (QED) is 0.151. The van der Waals surface area contributed by atoms with Crippen molar-refractivity contribution in [3.8, 4) is 33.4 Å². The highest BCUT2D eigenvalue weighted by molar-refractivity contribution is 6.01. The molecule has 0 amide bonds. The smallest absolute Gasteiger partial charge is 0.0465 e. The highest BCUT2D eigenvalue weighted by Crippen LogP contribution is 2.45. The summed E-state index contributed by atoms with van der Waals surface area (Å²) in [4.78, 5) is 2.55. The Morgan fingerprint density at radius 1 is 0.404 bits per heavy atom. The first-order valence-electron chi connectivity index (χ1n) is 20.8. The fourth-order valence-electron chi connectivity index (χ4n) is 9.36. The molecule has 0 fully saturated rings. The molecule has 0 unspecified atom stereocenters. The van der Waals surface area contributed by atoms with Crippen molar-refractivity contribution in [3.63, 3.8) is 0 Å².